The summed E-state index contributed by atoms with van der Waals surface area (Å²) in [5.41, 5.74) is 4.38. The van der Waals surface area contributed by atoms with Gasteiger partial charge in [-0.25, -0.2) is 0 Å². The van der Waals surface area contributed by atoms with E-state index in [0.717, 1.165) is 24.6 Å². The molecule has 3 aliphatic rings. The highest BCUT2D eigenvalue weighted by Crippen LogP contribution is 2.57. The van der Waals surface area contributed by atoms with Crippen molar-refractivity contribution in [2.75, 3.05) is 25.1 Å². The van der Waals surface area contributed by atoms with Crippen molar-refractivity contribution in [3.63, 3.8) is 0 Å². The summed E-state index contributed by atoms with van der Waals surface area (Å²) in [6, 6.07) is 2.07. The molecular weight excluding hydrogens is 286 g/mol. The largest absolute Gasteiger partial charge is 0.504 e. The Morgan fingerprint density at radius 2 is 2.22 bits per heavy atom. The van der Waals surface area contributed by atoms with E-state index >= 15 is 0 Å². The Morgan fingerprint density at radius 3 is 3.04 bits per heavy atom. The molecule has 1 heterocycles. The highest BCUT2D eigenvalue weighted by atomic mass is 16.5. The van der Waals surface area contributed by atoms with Gasteiger partial charge in [0.25, 0.3) is 0 Å². The minimum absolute atomic E-state index is 0.297. The Bertz CT molecular complexity index is 608. The molecule has 1 saturated carbocycles. The maximum absolute atomic E-state index is 10.7. The molecule has 0 bridgehead atoms. The molecule has 0 spiro atoms. The maximum Gasteiger partial charge on any atom is 0.184 e. The molecule has 3 nitrogen and oxygen atoms in total. The Labute approximate surface area is 139 Å². The van der Waals surface area contributed by atoms with Gasteiger partial charge >= 0.3 is 0 Å². The number of nitrogens with zero attached hydrogens (tertiary/aromatic N) is 1. The molecule has 1 aromatic rings. The van der Waals surface area contributed by atoms with Crippen molar-refractivity contribution in [2.24, 2.45) is 5.92 Å². The predicted molar refractivity (Wildman–Crippen MR) is 93.7 cm³/mol. The molecular formula is C20H29NO2. The number of hydrogen-bond donors (Lipinski definition) is 1. The first kappa shape index (κ1) is 15.2. The summed E-state index contributed by atoms with van der Waals surface area (Å²) in [6.45, 7) is 3.88. The molecule has 1 aliphatic heterocycles. The van der Waals surface area contributed by atoms with Crippen LogP contribution in [0.15, 0.2) is 6.07 Å². The van der Waals surface area contributed by atoms with E-state index in [2.05, 4.69) is 24.9 Å². The molecule has 1 aromatic carbocycles. The van der Waals surface area contributed by atoms with Gasteiger partial charge in [-0.2, -0.15) is 0 Å². The number of aromatic hydroxyl groups is 1. The molecule has 0 aromatic heterocycles. The van der Waals surface area contributed by atoms with Gasteiger partial charge in [-0.3, -0.25) is 0 Å². The van der Waals surface area contributed by atoms with Gasteiger partial charge in [0.05, 0.1) is 12.2 Å². The van der Waals surface area contributed by atoms with Crippen LogP contribution in [0.1, 0.15) is 63.0 Å². The molecule has 1 unspecified atom stereocenters. The monoisotopic (exact) mass is 315 g/mol. The topological polar surface area (TPSA) is 32.7 Å². The number of rotatable bonds is 2. The van der Waals surface area contributed by atoms with Gasteiger partial charge in [-0.05, 0) is 60.6 Å². The second kappa shape index (κ2) is 5.61. The fourth-order valence-corrected chi connectivity index (χ4v) is 5.63. The molecule has 23 heavy (non-hydrogen) atoms. The normalized spacial score (nSPS) is 29.3. The third kappa shape index (κ3) is 2.15. The number of benzene rings is 1. The van der Waals surface area contributed by atoms with Crippen LogP contribution >= 0.6 is 0 Å². The van der Waals surface area contributed by atoms with Gasteiger partial charge in [-0.15, -0.1) is 0 Å². The van der Waals surface area contributed by atoms with E-state index in [1.54, 1.807) is 0 Å². The molecule has 1 N–H and O–H groups in total. The van der Waals surface area contributed by atoms with Gasteiger partial charge in [-0.1, -0.05) is 26.2 Å². The summed E-state index contributed by atoms with van der Waals surface area (Å²) in [5.74, 6) is 1.88. The Balaban J connectivity index is 1.92. The Hall–Kier alpha value is -1.38. The second-order valence-corrected chi connectivity index (χ2v) is 7.76. The van der Waals surface area contributed by atoms with Crippen molar-refractivity contribution < 1.29 is 9.84 Å². The standard InChI is InChI=1S/C20H29NO2/c1-3-9-20-10-5-4-6-14(20)7-8-15-16(20)13-17(22)19-18(15)21(2)11-12-23-19/h13-14,22H,3-12H2,1-2H3/t14?,20-/m1/s1. The van der Waals surface area contributed by atoms with E-state index < -0.39 is 0 Å². The lowest BCUT2D eigenvalue weighted by Crippen LogP contribution is -2.43. The van der Waals surface area contributed by atoms with Crippen LogP contribution in [-0.2, 0) is 11.8 Å². The summed E-state index contributed by atoms with van der Waals surface area (Å²) in [6.07, 6.45) is 10.3. The summed E-state index contributed by atoms with van der Waals surface area (Å²) in [4.78, 5) is 2.29. The molecule has 2 aliphatic carbocycles. The second-order valence-electron chi connectivity index (χ2n) is 7.76. The average molecular weight is 315 g/mol. The van der Waals surface area contributed by atoms with E-state index in [0.29, 0.717) is 17.8 Å². The Morgan fingerprint density at radius 1 is 1.35 bits per heavy atom. The number of fused-ring (bicyclic) bond motifs is 5. The summed E-state index contributed by atoms with van der Waals surface area (Å²) in [5, 5.41) is 10.7. The molecule has 1 fully saturated rings. The summed E-state index contributed by atoms with van der Waals surface area (Å²) in [7, 11) is 2.14. The van der Waals surface area contributed by atoms with Crippen LogP contribution in [0, 0.1) is 5.92 Å². The minimum Gasteiger partial charge on any atom is -0.504 e. The van der Waals surface area contributed by atoms with Crippen LogP contribution < -0.4 is 9.64 Å². The maximum atomic E-state index is 10.7. The van der Waals surface area contributed by atoms with E-state index in [1.165, 1.54) is 61.8 Å². The van der Waals surface area contributed by atoms with Crippen molar-refractivity contribution in [2.45, 2.75) is 63.7 Å². The van der Waals surface area contributed by atoms with Crippen molar-refractivity contribution in [1.29, 1.82) is 0 Å². The smallest absolute Gasteiger partial charge is 0.184 e. The first-order valence-electron chi connectivity index (χ1n) is 9.40. The number of hydrogen-bond acceptors (Lipinski definition) is 3. The number of anilines is 1. The van der Waals surface area contributed by atoms with Gasteiger partial charge in [0, 0.05) is 7.05 Å². The number of phenolic OH excluding ortho intramolecular Hbond substituents is 1. The summed E-state index contributed by atoms with van der Waals surface area (Å²) >= 11 is 0. The van der Waals surface area contributed by atoms with Gasteiger partial charge in [0.15, 0.2) is 11.5 Å². The molecule has 4 rings (SSSR count). The number of ether oxygens (including phenoxy) is 1. The zero-order valence-electron chi connectivity index (χ0n) is 14.5. The van der Waals surface area contributed by atoms with Crippen LogP contribution in [0.2, 0.25) is 0 Å². The third-order valence-corrected chi connectivity index (χ3v) is 6.58. The first-order chi connectivity index (χ1) is 11.2. The van der Waals surface area contributed by atoms with E-state index in [-0.39, 0.29) is 0 Å². The fraction of sp³-hybridized carbons (Fsp3) is 0.700. The molecule has 3 heteroatoms. The lowest BCUT2D eigenvalue weighted by molar-refractivity contribution is 0.145. The lowest BCUT2D eigenvalue weighted by atomic mass is 9.55. The van der Waals surface area contributed by atoms with Crippen molar-refractivity contribution in [3.8, 4) is 11.5 Å². The SMILES string of the molecule is CCC[C@@]12CCCCC1CCc1c2cc(O)c2c1N(C)CCO2. The molecule has 2 atom stereocenters. The Kier molecular flexibility index (Phi) is 3.70. The molecule has 0 amide bonds. The quantitative estimate of drug-likeness (QED) is 0.878. The first-order valence-corrected chi connectivity index (χ1v) is 9.40. The molecule has 126 valence electrons. The van der Waals surface area contributed by atoms with Crippen molar-refractivity contribution >= 4 is 5.69 Å². The molecule has 0 saturated heterocycles. The van der Waals surface area contributed by atoms with Gasteiger partial charge < -0.3 is 14.7 Å². The fourth-order valence-electron chi connectivity index (χ4n) is 5.63. The highest BCUT2D eigenvalue weighted by Gasteiger charge is 2.46. The van der Waals surface area contributed by atoms with Crippen molar-refractivity contribution in [1.82, 2.24) is 0 Å². The summed E-state index contributed by atoms with van der Waals surface area (Å²) < 4.78 is 5.83. The van der Waals surface area contributed by atoms with Crippen LogP contribution in [0.4, 0.5) is 5.69 Å². The van der Waals surface area contributed by atoms with Crippen LogP contribution in [-0.4, -0.2) is 25.3 Å². The number of phenols is 1. The van der Waals surface area contributed by atoms with E-state index in [1.807, 2.05) is 0 Å². The molecule has 0 radical (unpaired) electrons. The minimum atomic E-state index is 0.297. The number of likely N-dealkylation sites (N-methyl/N-ethyl adjacent to an activating group) is 1. The van der Waals surface area contributed by atoms with Crippen LogP contribution in [0.3, 0.4) is 0 Å². The van der Waals surface area contributed by atoms with Crippen molar-refractivity contribution in [3.05, 3.63) is 17.2 Å². The van der Waals surface area contributed by atoms with Gasteiger partial charge in [0.1, 0.15) is 6.61 Å². The lowest BCUT2D eigenvalue weighted by Gasteiger charge is -2.50. The highest BCUT2D eigenvalue weighted by molar-refractivity contribution is 5.73. The third-order valence-electron chi connectivity index (χ3n) is 6.58. The van der Waals surface area contributed by atoms with E-state index in [4.69, 9.17) is 4.74 Å². The van der Waals surface area contributed by atoms with Gasteiger partial charge in [0.2, 0.25) is 0 Å². The predicted octanol–water partition coefficient (Wildman–Crippen LogP) is 4.40. The average Bonchev–Trinajstić information content (AvgIpc) is 2.56. The zero-order chi connectivity index (χ0) is 16.0. The van der Waals surface area contributed by atoms with E-state index in [9.17, 15) is 5.11 Å². The zero-order valence-corrected chi connectivity index (χ0v) is 14.5. The van der Waals surface area contributed by atoms with Crippen LogP contribution in [0.5, 0.6) is 11.5 Å². The van der Waals surface area contributed by atoms with Crippen LogP contribution in [0.25, 0.3) is 0 Å².